The molecule has 0 aromatic heterocycles. The molecular weight excluding hydrogens is 364 g/mol. The molecule has 146 valence electrons. The van der Waals surface area contributed by atoms with Gasteiger partial charge in [0.25, 0.3) is 0 Å². The number of ether oxygens (including phenoxy) is 2. The quantitative estimate of drug-likeness (QED) is 0.338. The largest absolute Gasteiger partial charge is 0.449 e. The molecule has 4 nitrogen and oxygen atoms in total. The van der Waals surface area contributed by atoms with Crippen LogP contribution in [0.1, 0.15) is 30.5 Å². The van der Waals surface area contributed by atoms with Gasteiger partial charge in [-0.15, -0.1) is 0 Å². The van der Waals surface area contributed by atoms with Crippen molar-refractivity contribution in [1.29, 1.82) is 0 Å². The highest BCUT2D eigenvalue weighted by Crippen LogP contribution is 2.36. The van der Waals surface area contributed by atoms with Gasteiger partial charge in [-0.2, -0.15) is 0 Å². The Balaban J connectivity index is 1.76. The number of rotatable bonds is 4. The van der Waals surface area contributed by atoms with E-state index in [-0.39, 0.29) is 6.61 Å². The van der Waals surface area contributed by atoms with Crippen molar-refractivity contribution in [3.8, 4) is 28.7 Å². The molecule has 3 rings (SSSR count). The van der Waals surface area contributed by atoms with Crippen molar-refractivity contribution < 1.29 is 19.1 Å². The molecule has 2 aromatic rings. The molecular formula is C25H22O4. The summed E-state index contributed by atoms with van der Waals surface area (Å²) in [5.74, 6) is 5.57. The fourth-order valence-corrected chi connectivity index (χ4v) is 3.07. The lowest BCUT2D eigenvalue weighted by Gasteiger charge is -2.20. The minimum Gasteiger partial charge on any atom is -0.449 e. The first-order valence-corrected chi connectivity index (χ1v) is 9.30. The van der Waals surface area contributed by atoms with Crippen molar-refractivity contribution >= 4 is 11.9 Å². The van der Waals surface area contributed by atoms with Crippen molar-refractivity contribution in [3.63, 3.8) is 0 Å². The zero-order chi connectivity index (χ0) is 21.0. The number of hydrogen-bond acceptors (Lipinski definition) is 4. The molecule has 0 saturated carbocycles. The number of carbonyl (C=O) groups excluding carboxylic acids is 2. The van der Waals surface area contributed by atoms with Gasteiger partial charge in [0.15, 0.2) is 6.61 Å². The summed E-state index contributed by atoms with van der Waals surface area (Å²) in [5.41, 5.74) is 6.27. The first-order valence-electron chi connectivity index (χ1n) is 9.30. The van der Waals surface area contributed by atoms with E-state index in [4.69, 9.17) is 9.47 Å². The Bertz CT molecular complexity index is 1080. The molecule has 0 saturated heterocycles. The molecule has 29 heavy (non-hydrogen) atoms. The number of carbonyl (C=O) groups is 2. The van der Waals surface area contributed by atoms with E-state index in [9.17, 15) is 9.59 Å². The number of esters is 2. The summed E-state index contributed by atoms with van der Waals surface area (Å²) in [7, 11) is 0. The van der Waals surface area contributed by atoms with E-state index in [0.717, 1.165) is 35.1 Å². The first kappa shape index (κ1) is 20.2. The van der Waals surface area contributed by atoms with Gasteiger partial charge in [-0.1, -0.05) is 37.1 Å². The smallest absolute Gasteiger partial charge is 0.338 e. The summed E-state index contributed by atoms with van der Waals surface area (Å²) >= 11 is 0. The van der Waals surface area contributed by atoms with Gasteiger partial charge in [-0.25, -0.2) is 9.59 Å². The van der Waals surface area contributed by atoms with Crippen molar-refractivity contribution in [1.82, 2.24) is 0 Å². The lowest BCUT2D eigenvalue weighted by atomic mass is 9.85. The van der Waals surface area contributed by atoms with Crippen LogP contribution in [0.25, 0.3) is 11.1 Å². The van der Waals surface area contributed by atoms with Gasteiger partial charge < -0.3 is 9.47 Å². The number of benzene rings is 2. The standard InChI is InChI=1S/C25H22O4/c1-16(2)24(26)28-13-5-6-18-7-11-22-19(14-18)8-9-20-15-21(10-12-23(20)22)29-25(27)17(3)4/h7,10-12,14-15H,1,3,8-9,13H2,2,4H3. The lowest BCUT2D eigenvalue weighted by Crippen LogP contribution is -2.10. The van der Waals surface area contributed by atoms with Crippen LogP contribution in [0.5, 0.6) is 5.75 Å². The molecule has 0 bridgehead atoms. The molecule has 0 fully saturated rings. The SMILES string of the molecule is C=C(C)C(=O)OCC#Cc1ccc2c(c1)CCc1cc(OC(=O)C(=C)C)ccc1-2. The van der Waals surface area contributed by atoms with Crippen LogP contribution < -0.4 is 4.74 Å². The molecule has 0 atom stereocenters. The third-order valence-electron chi connectivity index (χ3n) is 4.55. The van der Waals surface area contributed by atoms with Crippen LogP contribution in [0.3, 0.4) is 0 Å². The van der Waals surface area contributed by atoms with Gasteiger partial charge in [0, 0.05) is 16.7 Å². The van der Waals surface area contributed by atoms with E-state index in [1.807, 2.05) is 18.2 Å². The Hall–Kier alpha value is -3.58. The van der Waals surface area contributed by atoms with Crippen molar-refractivity contribution in [2.75, 3.05) is 6.61 Å². The van der Waals surface area contributed by atoms with Crippen LogP contribution in [0.15, 0.2) is 60.7 Å². The van der Waals surface area contributed by atoms with Crippen LogP contribution in [-0.2, 0) is 27.2 Å². The van der Waals surface area contributed by atoms with Crippen LogP contribution >= 0.6 is 0 Å². The maximum Gasteiger partial charge on any atom is 0.338 e. The summed E-state index contributed by atoms with van der Waals surface area (Å²) < 4.78 is 10.3. The van der Waals surface area contributed by atoms with Gasteiger partial charge >= 0.3 is 11.9 Å². The zero-order valence-electron chi connectivity index (χ0n) is 16.6. The van der Waals surface area contributed by atoms with Gasteiger partial charge in [0.05, 0.1) is 0 Å². The number of aryl methyl sites for hydroxylation is 2. The van der Waals surface area contributed by atoms with E-state index in [0.29, 0.717) is 16.9 Å². The second-order valence-corrected chi connectivity index (χ2v) is 7.02. The molecule has 2 aromatic carbocycles. The summed E-state index contributed by atoms with van der Waals surface area (Å²) in [6.07, 6.45) is 1.73. The number of hydrogen-bond donors (Lipinski definition) is 0. The van der Waals surface area contributed by atoms with Gasteiger partial charge in [0.1, 0.15) is 5.75 Å². The predicted molar refractivity (Wildman–Crippen MR) is 112 cm³/mol. The molecule has 1 aliphatic rings. The third-order valence-corrected chi connectivity index (χ3v) is 4.55. The summed E-state index contributed by atoms with van der Waals surface area (Å²) in [6, 6.07) is 11.8. The Morgan fingerprint density at radius 3 is 2.21 bits per heavy atom. The van der Waals surface area contributed by atoms with E-state index in [1.54, 1.807) is 19.9 Å². The topological polar surface area (TPSA) is 52.6 Å². The first-order chi connectivity index (χ1) is 13.8. The van der Waals surface area contributed by atoms with Crippen LogP contribution in [-0.4, -0.2) is 18.5 Å². The minimum atomic E-state index is -0.436. The maximum atomic E-state index is 11.7. The fourth-order valence-electron chi connectivity index (χ4n) is 3.07. The highest BCUT2D eigenvalue weighted by Gasteiger charge is 2.17. The second-order valence-electron chi connectivity index (χ2n) is 7.02. The Kier molecular flexibility index (Phi) is 5.99. The average molecular weight is 386 g/mol. The zero-order valence-corrected chi connectivity index (χ0v) is 16.6. The van der Waals surface area contributed by atoms with E-state index in [1.165, 1.54) is 5.56 Å². The van der Waals surface area contributed by atoms with Crippen molar-refractivity contribution in [3.05, 3.63) is 77.4 Å². The number of fused-ring (bicyclic) bond motifs is 3. The summed E-state index contributed by atoms with van der Waals surface area (Å²) in [6.45, 7) is 10.4. The Morgan fingerprint density at radius 2 is 1.55 bits per heavy atom. The van der Waals surface area contributed by atoms with Crippen LogP contribution in [0.2, 0.25) is 0 Å². The highest BCUT2D eigenvalue weighted by atomic mass is 16.5. The van der Waals surface area contributed by atoms with Crippen LogP contribution in [0.4, 0.5) is 0 Å². The summed E-state index contributed by atoms with van der Waals surface area (Å²) in [4.78, 5) is 23.1. The maximum absolute atomic E-state index is 11.7. The van der Waals surface area contributed by atoms with Crippen molar-refractivity contribution in [2.45, 2.75) is 26.7 Å². The normalized spacial score (nSPS) is 11.2. The van der Waals surface area contributed by atoms with Crippen LogP contribution in [0, 0.1) is 11.8 Å². The molecule has 4 heteroatoms. The average Bonchev–Trinajstić information content (AvgIpc) is 2.70. The fraction of sp³-hybridized carbons (Fsp3) is 0.200. The molecule has 0 radical (unpaired) electrons. The third kappa shape index (κ3) is 4.83. The minimum absolute atomic E-state index is 0.0390. The Labute approximate surface area is 170 Å². The van der Waals surface area contributed by atoms with Gasteiger partial charge in [-0.3, -0.25) is 0 Å². The predicted octanol–water partition coefficient (Wildman–Crippen LogP) is 4.40. The van der Waals surface area contributed by atoms with E-state index < -0.39 is 11.9 Å². The molecule has 0 aliphatic heterocycles. The van der Waals surface area contributed by atoms with E-state index in [2.05, 4.69) is 37.1 Å². The molecule has 0 spiro atoms. The highest BCUT2D eigenvalue weighted by molar-refractivity contribution is 5.89. The molecule has 0 unspecified atom stereocenters. The molecule has 1 aliphatic carbocycles. The molecule has 0 N–H and O–H groups in total. The van der Waals surface area contributed by atoms with Gasteiger partial charge in [-0.05, 0) is 73.2 Å². The molecule has 0 heterocycles. The van der Waals surface area contributed by atoms with Crippen molar-refractivity contribution in [2.24, 2.45) is 0 Å². The second kappa shape index (κ2) is 8.62. The van der Waals surface area contributed by atoms with Gasteiger partial charge in [0.2, 0.25) is 0 Å². The monoisotopic (exact) mass is 386 g/mol. The lowest BCUT2D eigenvalue weighted by molar-refractivity contribution is -0.137. The molecule has 0 amide bonds. The Morgan fingerprint density at radius 1 is 0.931 bits per heavy atom. The summed E-state index contributed by atoms with van der Waals surface area (Å²) in [5, 5.41) is 0. The van der Waals surface area contributed by atoms with E-state index >= 15 is 0 Å².